The minimum atomic E-state index is -0.562. The molecule has 1 aromatic carbocycles. The van der Waals surface area contributed by atoms with Crippen molar-refractivity contribution in [1.29, 1.82) is 0 Å². The van der Waals surface area contributed by atoms with Crippen molar-refractivity contribution >= 4 is 43.2 Å². The number of hydrogen-bond donors (Lipinski definition) is 1. The molecule has 0 saturated carbocycles. The molecule has 0 amide bonds. The van der Waals surface area contributed by atoms with Gasteiger partial charge in [0.25, 0.3) is 0 Å². The Morgan fingerprint density at radius 3 is 2.59 bits per heavy atom. The van der Waals surface area contributed by atoms with Crippen molar-refractivity contribution in [3.8, 4) is 0 Å². The Labute approximate surface area is 120 Å². The molecule has 5 heteroatoms. The molecular formula is C12H9Br2FOS. The predicted octanol–water partition coefficient (Wildman–Crippen LogP) is 4.69. The topological polar surface area (TPSA) is 20.2 Å². The van der Waals surface area contributed by atoms with Crippen LogP contribution in [0.1, 0.15) is 16.5 Å². The Morgan fingerprint density at radius 1 is 1.24 bits per heavy atom. The summed E-state index contributed by atoms with van der Waals surface area (Å²) in [5, 5.41) is 10.1. The van der Waals surface area contributed by atoms with Crippen molar-refractivity contribution < 1.29 is 9.50 Å². The van der Waals surface area contributed by atoms with Crippen LogP contribution in [0.15, 0.2) is 38.6 Å². The fraction of sp³-hybridized carbons (Fsp3) is 0.167. The summed E-state index contributed by atoms with van der Waals surface area (Å²) in [6.45, 7) is 0. The predicted molar refractivity (Wildman–Crippen MR) is 74.8 cm³/mol. The van der Waals surface area contributed by atoms with E-state index in [1.165, 1.54) is 23.5 Å². The van der Waals surface area contributed by atoms with Gasteiger partial charge in [-0.2, -0.15) is 0 Å². The summed E-state index contributed by atoms with van der Waals surface area (Å²) in [6, 6.07) is 8.29. The average Bonchev–Trinajstić information content (AvgIpc) is 2.69. The Hall–Kier alpha value is -0.230. The van der Waals surface area contributed by atoms with Gasteiger partial charge in [0.05, 0.1) is 9.89 Å². The molecule has 2 aromatic rings. The fourth-order valence-electron chi connectivity index (χ4n) is 1.50. The maximum absolute atomic E-state index is 12.9. The van der Waals surface area contributed by atoms with E-state index in [0.29, 0.717) is 10.9 Å². The molecule has 0 aliphatic rings. The molecule has 90 valence electrons. The van der Waals surface area contributed by atoms with E-state index in [4.69, 9.17) is 0 Å². The lowest BCUT2D eigenvalue weighted by Gasteiger charge is -2.10. The number of halogens is 3. The van der Waals surface area contributed by atoms with Crippen LogP contribution < -0.4 is 0 Å². The summed E-state index contributed by atoms with van der Waals surface area (Å²) in [5.41, 5.74) is 0.892. The first-order valence-corrected chi connectivity index (χ1v) is 7.34. The third-order valence-corrected chi connectivity index (χ3v) is 4.81. The molecule has 2 rings (SSSR count). The van der Waals surface area contributed by atoms with E-state index in [9.17, 15) is 9.50 Å². The number of rotatable bonds is 3. The Morgan fingerprint density at radius 2 is 2.00 bits per heavy atom. The van der Waals surface area contributed by atoms with Crippen LogP contribution in [0.25, 0.3) is 0 Å². The molecular weight excluding hydrogens is 371 g/mol. The van der Waals surface area contributed by atoms with E-state index in [0.717, 1.165) is 14.2 Å². The Bertz CT molecular complexity index is 527. The van der Waals surface area contributed by atoms with Gasteiger partial charge in [-0.3, -0.25) is 0 Å². The van der Waals surface area contributed by atoms with E-state index in [1.54, 1.807) is 6.07 Å². The monoisotopic (exact) mass is 378 g/mol. The van der Waals surface area contributed by atoms with Gasteiger partial charge in [0.15, 0.2) is 0 Å². The quantitative estimate of drug-likeness (QED) is 0.820. The summed E-state index contributed by atoms with van der Waals surface area (Å²) >= 11 is 8.16. The van der Waals surface area contributed by atoms with Crippen LogP contribution in [-0.4, -0.2) is 5.11 Å². The van der Waals surface area contributed by atoms with Crippen LogP contribution in [-0.2, 0) is 6.42 Å². The van der Waals surface area contributed by atoms with Crippen LogP contribution in [0, 0.1) is 5.82 Å². The Kier molecular flexibility index (Phi) is 4.36. The summed E-state index contributed by atoms with van der Waals surface area (Å²) < 4.78 is 14.6. The number of benzene rings is 1. The first kappa shape index (κ1) is 13.2. The molecule has 0 bridgehead atoms. The lowest BCUT2D eigenvalue weighted by atomic mass is 10.1. The van der Waals surface area contributed by atoms with Gasteiger partial charge in [-0.25, -0.2) is 4.39 Å². The normalized spacial score (nSPS) is 12.7. The van der Waals surface area contributed by atoms with E-state index < -0.39 is 6.10 Å². The highest BCUT2D eigenvalue weighted by Crippen LogP contribution is 2.30. The van der Waals surface area contributed by atoms with Crippen molar-refractivity contribution in [2.75, 3.05) is 0 Å². The van der Waals surface area contributed by atoms with Gasteiger partial charge in [0.1, 0.15) is 5.82 Å². The van der Waals surface area contributed by atoms with Gasteiger partial charge in [0, 0.05) is 15.8 Å². The van der Waals surface area contributed by atoms with Gasteiger partial charge in [-0.05, 0) is 45.8 Å². The SMILES string of the molecule is OC(Cc1ccc(F)cc1Br)c1ccc(Br)s1. The summed E-state index contributed by atoms with van der Waals surface area (Å²) in [4.78, 5) is 0.896. The zero-order chi connectivity index (χ0) is 12.4. The largest absolute Gasteiger partial charge is 0.387 e. The van der Waals surface area contributed by atoms with Crippen molar-refractivity contribution in [2.45, 2.75) is 12.5 Å². The number of aliphatic hydroxyl groups is 1. The summed E-state index contributed by atoms with van der Waals surface area (Å²) in [6.07, 6.45) is -0.0959. The Balaban J connectivity index is 2.15. The summed E-state index contributed by atoms with van der Waals surface area (Å²) in [7, 11) is 0. The van der Waals surface area contributed by atoms with E-state index in [1.807, 2.05) is 12.1 Å². The van der Waals surface area contributed by atoms with Gasteiger partial charge in [0.2, 0.25) is 0 Å². The van der Waals surface area contributed by atoms with Gasteiger partial charge in [-0.15, -0.1) is 11.3 Å². The smallest absolute Gasteiger partial charge is 0.124 e. The second-order valence-corrected chi connectivity index (χ2v) is 6.95. The summed E-state index contributed by atoms with van der Waals surface area (Å²) in [5.74, 6) is -0.283. The van der Waals surface area contributed by atoms with Crippen molar-refractivity contribution in [3.05, 3.63) is 54.8 Å². The number of thiophene rings is 1. The zero-order valence-electron chi connectivity index (χ0n) is 8.66. The molecule has 1 N–H and O–H groups in total. The van der Waals surface area contributed by atoms with Crippen LogP contribution in [0.3, 0.4) is 0 Å². The molecule has 1 aromatic heterocycles. The molecule has 0 saturated heterocycles. The van der Waals surface area contributed by atoms with Crippen LogP contribution in [0.5, 0.6) is 0 Å². The first-order valence-electron chi connectivity index (χ1n) is 4.93. The molecule has 1 unspecified atom stereocenters. The standard InChI is InChI=1S/C12H9Br2FOS/c13-9-6-8(15)2-1-7(9)5-10(16)11-3-4-12(14)17-11/h1-4,6,10,16H,5H2. The second-order valence-electron chi connectivity index (χ2n) is 3.60. The van der Waals surface area contributed by atoms with Gasteiger partial charge < -0.3 is 5.11 Å². The van der Waals surface area contributed by atoms with Crippen LogP contribution in [0.4, 0.5) is 4.39 Å². The van der Waals surface area contributed by atoms with E-state index in [-0.39, 0.29) is 5.82 Å². The van der Waals surface area contributed by atoms with E-state index in [2.05, 4.69) is 31.9 Å². The van der Waals surface area contributed by atoms with Crippen molar-refractivity contribution in [2.24, 2.45) is 0 Å². The first-order chi connectivity index (χ1) is 8.06. The lowest BCUT2D eigenvalue weighted by molar-refractivity contribution is 0.182. The minimum Gasteiger partial charge on any atom is -0.387 e. The molecule has 0 fully saturated rings. The average molecular weight is 380 g/mol. The maximum Gasteiger partial charge on any atom is 0.124 e. The van der Waals surface area contributed by atoms with Crippen LogP contribution in [0.2, 0.25) is 0 Å². The van der Waals surface area contributed by atoms with Crippen molar-refractivity contribution in [3.63, 3.8) is 0 Å². The van der Waals surface area contributed by atoms with Gasteiger partial charge >= 0.3 is 0 Å². The minimum absolute atomic E-state index is 0.283. The zero-order valence-corrected chi connectivity index (χ0v) is 12.6. The molecule has 0 aliphatic carbocycles. The molecule has 1 atom stereocenters. The number of aliphatic hydroxyl groups excluding tert-OH is 1. The highest BCUT2D eigenvalue weighted by molar-refractivity contribution is 9.11. The molecule has 0 spiro atoms. The number of hydrogen-bond acceptors (Lipinski definition) is 2. The fourth-order valence-corrected chi connectivity index (χ4v) is 3.43. The van der Waals surface area contributed by atoms with Crippen molar-refractivity contribution in [1.82, 2.24) is 0 Å². The van der Waals surface area contributed by atoms with E-state index >= 15 is 0 Å². The second kappa shape index (κ2) is 5.61. The third kappa shape index (κ3) is 3.37. The molecule has 17 heavy (non-hydrogen) atoms. The third-order valence-electron chi connectivity index (χ3n) is 2.35. The molecule has 1 heterocycles. The molecule has 0 aliphatic heterocycles. The highest BCUT2D eigenvalue weighted by atomic mass is 79.9. The molecule has 0 radical (unpaired) electrons. The highest BCUT2D eigenvalue weighted by Gasteiger charge is 2.13. The lowest BCUT2D eigenvalue weighted by Crippen LogP contribution is -2.00. The molecule has 1 nitrogen and oxygen atoms in total. The van der Waals surface area contributed by atoms with Gasteiger partial charge in [-0.1, -0.05) is 22.0 Å². The maximum atomic E-state index is 12.9. The van der Waals surface area contributed by atoms with Crippen LogP contribution >= 0.6 is 43.2 Å².